The smallest absolute Gasteiger partial charge is 0.332 e. The summed E-state index contributed by atoms with van der Waals surface area (Å²) in [5, 5.41) is 2.55. The highest BCUT2D eigenvalue weighted by Crippen LogP contribution is 2.17. The fourth-order valence-electron chi connectivity index (χ4n) is 2.63. The number of ketones is 1. The van der Waals surface area contributed by atoms with Gasteiger partial charge in [-0.25, -0.2) is 4.79 Å². The van der Waals surface area contributed by atoms with Crippen molar-refractivity contribution in [1.29, 1.82) is 0 Å². The van der Waals surface area contributed by atoms with Crippen molar-refractivity contribution in [1.82, 2.24) is 5.32 Å². The van der Waals surface area contributed by atoms with E-state index in [1.54, 1.807) is 0 Å². The van der Waals surface area contributed by atoms with E-state index in [1.807, 2.05) is 0 Å². The van der Waals surface area contributed by atoms with Gasteiger partial charge in [-0.05, 0) is 46.5 Å². The zero-order valence-electron chi connectivity index (χ0n) is 16.4. The Morgan fingerprint density at radius 3 is 2.29 bits per heavy atom. The van der Waals surface area contributed by atoms with Gasteiger partial charge in [-0.1, -0.05) is 7.43 Å². The molecule has 0 saturated carbocycles. The van der Waals surface area contributed by atoms with Crippen LogP contribution in [0.4, 0.5) is 0 Å². The predicted molar refractivity (Wildman–Crippen MR) is 108 cm³/mol. The van der Waals surface area contributed by atoms with Crippen LogP contribution in [-0.4, -0.2) is 62.2 Å². The number of rotatable bonds is 14. The van der Waals surface area contributed by atoms with Crippen molar-refractivity contribution in [3.63, 3.8) is 0 Å². The predicted octanol–water partition coefficient (Wildman–Crippen LogP) is 2.00. The molecule has 168 valence electrons. The van der Waals surface area contributed by atoms with Crippen LogP contribution in [0.2, 0.25) is 0 Å². The molecule has 1 unspecified atom stereocenters. The lowest BCUT2D eigenvalue weighted by Crippen LogP contribution is -2.48. The second-order valence-corrected chi connectivity index (χ2v) is 8.61. The third-order valence-electron chi connectivity index (χ3n) is 3.79. The van der Waals surface area contributed by atoms with Gasteiger partial charge in [-0.2, -0.15) is 8.42 Å². The largest absolute Gasteiger partial charge is 0.464 e. The van der Waals surface area contributed by atoms with Gasteiger partial charge < -0.3 is 14.8 Å². The molecule has 0 aliphatic carbocycles. The number of Topliss-reactive ketones (excluding diaryl/α,β-unsaturated/α-hetero) is 1. The zero-order valence-corrected chi connectivity index (χ0v) is 17.3. The van der Waals surface area contributed by atoms with E-state index in [4.69, 9.17) is 9.29 Å². The Labute approximate surface area is 169 Å². The number of carbonyl (C=O) groups excluding carboxylic acids is 3. The van der Waals surface area contributed by atoms with E-state index in [0.717, 1.165) is 0 Å². The maximum absolute atomic E-state index is 12.0. The van der Waals surface area contributed by atoms with E-state index < -0.39 is 27.4 Å². The quantitative estimate of drug-likeness (QED) is 0.243. The summed E-state index contributed by atoms with van der Waals surface area (Å²) in [5.74, 6) is -1.75. The van der Waals surface area contributed by atoms with Crippen LogP contribution in [-0.2, 0) is 34.0 Å². The Bertz CT molecular complexity index is 607. The molecule has 0 aromatic rings. The Hall–Kier alpha value is -1.52. The summed E-state index contributed by atoms with van der Waals surface area (Å²) >= 11 is 0. The maximum atomic E-state index is 12.0. The molecule has 0 saturated heterocycles. The lowest BCUT2D eigenvalue weighted by Gasteiger charge is -2.25. The number of unbranched alkanes of at least 4 members (excludes halogenated alkanes) is 1. The zero-order chi connectivity index (χ0) is 21.1. The van der Waals surface area contributed by atoms with Gasteiger partial charge in [0.15, 0.2) is 0 Å². The van der Waals surface area contributed by atoms with E-state index in [0.29, 0.717) is 25.7 Å². The molecule has 0 aliphatic rings. The molecule has 9 nitrogen and oxygen atoms in total. The number of carbonyl (C=O) groups is 3. The van der Waals surface area contributed by atoms with Crippen molar-refractivity contribution >= 4 is 27.8 Å². The second-order valence-electron chi connectivity index (χ2n) is 7.15. The first-order valence-corrected chi connectivity index (χ1v) is 10.4. The Morgan fingerprint density at radius 2 is 1.79 bits per heavy atom. The Morgan fingerprint density at radius 1 is 1.18 bits per heavy atom. The van der Waals surface area contributed by atoms with Crippen LogP contribution in [0.1, 0.15) is 61.7 Å². The molecule has 0 rings (SSSR count). The standard InChI is InChI=1S/C17H31NO8S.CH4.H2/c1-13(19)14(7-5-6-10-26-16(21)11-25-4)8-9-15(20)18-17(2,3)12-27(22,23)24;;/h14H,5-12H2,1-4H3,(H,18,20)(H,22,23,24);1H4;1H/i;;1+1. The van der Waals surface area contributed by atoms with Gasteiger partial charge >= 0.3 is 5.97 Å². The molecule has 10 heteroatoms. The third-order valence-corrected chi connectivity index (χ3v) is 4.87. The van der Waals surface area contributed by atoms with Crippen LogP contribution in [0.3, 0.4) is 0 Å². The number of methoxy groups -OCH3 is 1. The monoisotopic (exact) mass is 428 g/mol. The summed E-state index contributed by atoms with van der Waals surface area (Å²) in [7, 11) is -2.81. The normalized spacial score (nSPS) is 12.6. The first-order valence-electron chi connectivity index (χ1n) is 8.77. The van der Waals surface area contributed by atoms with Crippen molar-refractivity contribution in [3.05, 3.63) is 0 Å². The van der Waals surface area contributed by atoms with Crippen LogP contribution < -0.4 is 5.32 Å². The van der Waals surface area contributed by atoms with E-state index in [1.165, 1.54) is 27.9 Å². The van der Waals surface area contributed by atoms with Crippen molar-refractivity contribution in [3.8, 4) is 0 Å². The van der Waals surface area contributed by atoms with Crippen LogP contribution in [0.15, 0.2) is 0 Å². The number of hydrogen-bond donors (Lipinski definition) is 2. The van der Waals surface area contributed by atoms with Crippen molar-refractivity contribution < 1.29 is 38.3 Å². The lowest BCUT2D eigenvalue weighted by molar-refractivity contribution is -0.148. The summed E-state index contributed by atoms with van der Waals surface area (Å²) in [6.07, 6.45) is 2.25. The van der Waals surface area contributed by atoms with Crippen LogP contribution >= 0.6 is 0 Å². The van der Waals surface area contributed by atoms with Gasteiger partial charge in [-0.15, -0.1) is 0 Å². The van der Waals surface area contributed by atoms with Gasteiger partial charge in [0, 0.05) is 20.9 Å². The molecule has 1 atom stereocenters. The summed E-state index contributed by atoms with van der Waals surface area (Å²) in [4.78, 5) is 34.9. The second kappa shape index (κ2) is 13.6. The van der Waals surface area contributed by atoms with Gasteiger partial charge in [-0.3, -0.25) is 14.1 Å². The number of hydrogen-bond acceptors (Lipinski definition) is 7. The van der Waals surface area contributed by atoms with Crippen LogP contribution in [0, 0.1) is 5.92 Å². The van der Waals surface area contributed by atoms with Gasteiger partial charge in [0.25, 0.3) is 10.1 Å². The lowest BCUT2D eigenvalue weighted by atomic mass is 9.93. The van der Waals surface area contributed by atoms with Crippen molar-refractivity contribution in [2.45, 2.75) is 65.8 Å². The molecule has 0 aliphatic heterocycles. The van der Waals surface area contributed by atoms with Gasteiger partial charge in [0.05, 0.1) is 17.9 Å². The fraction of sp³-hybridized carbons (Fsp3) is 0.833. The summed E-state index contributed by atoms with van der Waals surface area (Å²) in [6, 6.07) is 0. The minimum absolute atomic E-state index is 0. The molecule has 0 spiro atoms. The minimum atomic E-state index is -4.21. The summed E-state index contributed by atoms with van der Waals surface area (Å²) in [5.41, 5.74) is -1.11. The van der Waals surface area contributed by atoms with E-state index >= 15 is 0 Å². The highest BCUT2D eigenvalue weighted by atomic mass is 32.2. The Kier molecular flexibility index (Phi) is 14.0. The van der Waals surface area contributed by atoms with E-state index in [-0.39, 0.29) is 46.1 Å². The molecule has 28 heavy (non-hydrogen) atoms. The van der Waals surface area contributed by atoms with E-state index in [9.17, 15) is 22.8 Å². The van der Waals surface area contributed by atoms with Crippen LogP contribution in [0.25, 0.3) is 0 Å². The maximum Gasteiger partial charge on any atom is 0.332 e. The fourth-order valence-corrected chi connectivity index (χ4v) is 3.61. The molecular weight excluding hydrogens is 390 g/mol. The molecule has 0 heterocycles. The average molecular weight is 429 g/mol. The molecule has 0 bridgehead atoms. The summed E-state index contributed by atoms with van der Waals surface area (Å²) in [6.45, 7) is 4.59. The van der Waals surface area contributed by atoms with Crippen molar-refractivity contribution in [2.75, 3.05) is 26.1 Å². The topological polar surface area (TPSA) is 136 Å². The molecular formula is C18H37NO8S. The third kappa shape index (κ3) is 15.5. The molecule has 2 N–H and O–H groups in total. The molecule has 1 amide bonds. The number of esters is 1. The summed E-state index contributed by atoms with van der Waals surface area (Å²) < 4.78 is 40.4. The first-order chi connectivity index (χ1) is 12.4. The SMILES string of the molecule is C.COCC(=O)OCCCCC(CCC(=O)NC(C)(C)CS(=O)(=O)O)C(C)=O.[2HH]. The number of amides is 1. The Balaban J connectivity index is -0.00000338. The molecule has 0 fully saturated rings. The van der Waals surface area contributed by atoms with Gasteiger partial charge in [0.2, 0.25) is 5.91 Å². The number of ether oxygens (including phenoxy) is 2. The minimum Gasteiger partial charge on any atom is -0.464 e. The average Bonchev–Trinajstić information content (AvgIpc) is 2.46. The van der Waals surface area contributed by atoms with E-state index in [2.05, 4.69) is 10.1 Å². The number of nitrogens with one attached hydrogen (secondary N) is 1. The van der Waals surface area contributed by atoms with Crippen molar-refractivity contribution in [2.24, 2.45) is 5.92 Å². The van der Waals surface area contributed by atoms with Gasteiger partial charge in [0.1, 0.15) is 12.4 Å². The first kappa shape index (κ1) is 28.7. The molecule has 0 aromatic carbocycles. The highest BCUT2D eigenvalue weighted by Gasteiger charge is 2.27. The van der Waals surface area contributed by atoms with Crippen LogP contribution in [0.5, 0.6) is 0 Å². The molecule has 0 radical (unpaired) electrons. The molecule has 0 aromatic heterocycles. The highest BCUT2D eigenvalue weighted by molar-refractivity contribution is 7.85.